The molecule has 244 valence electrons. The molecule has 5 rings (SSSR count). The molecule has 0 saturated heterocycles. The van der Waals surface area contributed by atoms with E-state index in [1.165, 1.54) is 35.4 Å². The average Bonchev–Trinajstić information content (AvgIpc) is 3.04. The maximum Gasteiger partial charge on any atom is 0.343 e. The van der Waals surface area contributed by atoms with Gasteiger partial charge in [-0.05, 0) is 38.8 Å². The van der Waals surface area contributed by atoms with Crippen LogP contribution >= 0.6 is 0 Å². The minimum Gasteiger partial charge on any atom is -0.491 e. The van der Waals surface area contributed by atoms with Gasteiger partial charge in [0.1, 0.15) is 11.1 Å². The molecule has 1 aliphatic carbocycles. The lowest BCUT2D eigenvalue weighted by Gasteiger charge is -2.37. The van der Waals surface area contributed by atoms with Crippen molar-refractivity contribution >= 4 is 33.7 Å². The molecule has 46 heavy (non-hydrogen) atoms. The number of carbonyl (C=O) groups is 2. The third-order valence-electron chi connectivity index (χ3n) is 8.14. The standard InChI is InChI=1S/C32H30F4N2O8/c1-5-45-31(41)17-13-37(25-15(27(17)39)11-19(33)23(35)29(25)43-3)21-9-7-8-10-22(21)38-14-18(32(42)46-6-2)28(40)16-12-20(34)24(36)30(44-4)26(16)38/h11-14,21-22H,5-10H2,1-4H3. The van der Waals surface area contributed by atoms with Crippen molar-refractivity contribution in [2.24, 2.45) is 0 Å². The highest BCUT2D eigenvalue weighted by atomic mass is 19.2. The first-order chi connectivity index (χ1) is 22.0. The number of ether oxygens (including phenoxy) is 4. The zero-order valence-electron chi connectivity index (χ0n) is 25.4. The first-order valence-corrected chi connectivity index (χ1v) is 14.6. The number of methoxy groups -OCH3 is 2. The predicted octanol–water partition coefficient (Wildman–Crippen LogP) is 5.60. The zero-order chi connectivity index (χ0) is 33.4. The molecular formula is C32H30F4N2O8. The van der Waals surface area contributed by atoms with E-state index in [1.54, 1.807) is 0 Å². The smallest absolute Gasteiger partial charge is 0.343 e. The fraction of sp³-hybridized carbons (Fsp3) is 0.375. The van der Waals surface area contributed by atoms with Gasteiger partial charge in [0.2, 0.25) is 22.5 Å². The van der Waals surface area contributed by atoms with Gasteiger partial charge < -0.3 is 28.1 Å². The number of hydrogen-bond donors (Lipinski definition) is 0. The molecule has 0 spiro atoms. The van der Waals surface area contributed by atoms with E-state index < -0.39 is 80.8 Å². The van der Waals surface area contributed by atoms with Crippen LogP contribution in [0.5, 0.6) is 11.5 Å². The van der Waals surface area contributed by atoms with Crippen LogP contribution in [0.3, 0.4) is 0 Å². The fourth-order valence-corrected chi connectivity index (χ4v) is 6.20. The van der Waals surface area contributed by atoms with E-state index in [2.05, 4.69) is 0 Å². The van der Waals surface area contributed by atoms with Gasteiger partial charge in [0.15, 0.2) is 23.1 Å². The Balaban J connectivity index is 1.91. The Morgan fingerprint density at radius 2 is 1.09 bits per heavy atom. The number of rotatable bonds is 8. The molecule has 0 amide bonds. The van der Waals surface area contributed by atoms with E-state index in [9.17, 15) is 28.0 Å². The number of carbonyl (C=O) groups excluding carboxylic acids is 2. The second-order valence-electron chi connectivity index (χ2n) is 10.6. The summed E-state index contributed by atoms with van der Waals surface area (Å²) in [5.41, 5.74) is -3.12. The monoisotopic (exact) mass is 646 g/mol. The van der Waals surface area contributed by atoms with E-state index in [4.69, 9.17) is 18.9 Å². The van der Waals surface area contributed by atoms with Crippen molar-refractivity contribution in [3.63, 3.8) is 0 Å². The van der Waals surface area contributed by atoms with Crippen molar-refractivity contribution in [3.8, 4) is 11.5 Å². The van der Waals surface area contributed by atoms with Crippen molar-refractivity contribution in [1.82, 2.24) is 9.13 Å². The number of pyridine rings is 2. The minimum absolute atomic E-state index is 0.0780. The molecule has 2 atom stereocenters. The maximum atomic E-state index is 15.2. The zero-order valence-corrected chi connectivity index (χ0v) is 25.4. The van der Waals surface area contributed by atoms with Crippen molar-refractivity contribution in [2.75, 3.05) is 27.4 Å². The summed E-state index contributed by atoms with van der Waals surface area (Å²) in [5, 5.41) is -0.735. The lowest BCUT2D eigenvalue weighted by atomic mass is 9.88. The summed E-state index contributed by atoms with van der Waals surface area (Å²) >= 11 is 0. The molecule has 1 aliphatic rings. The third kappa shape index (κ3) is 5.24. The van der Waals surface area contributed by atoms with Crippen LogP contribution in [-0.4, -0.2) is 48.5 Å². The van der Waals surface area contributed by atoms with Crippen LogP contribution in [0.25, 0.3) is 21.8 Å². The molecule has 2 heterocycles. The van der Waals surface area contributed by atoms with E-state index in [-0.39, 0.29) is 35.0 Å². The van der Waals surface area contributed by atoms with Gasteiger partial charge in [-0.2, -0.15) is 8.78 Å². The van der Waals surface area contributed by atoms with Gasteiger partial charge in [-0.15, -0.1) is 0 Å². The Kier molecular flexibility index (Phi) is 9.08. The van der Waals surface area contributed by atoms with Gasteiger partial charge >= 0.3 is 11.9 Å². The van der Waals surface area contributed by atoms with Gasteiger partial charge in [0.05, 0.1) is 61.3 Å². The van der Waals surface area contributed by atoms with E-state index >= 15 is 8.78 Å². The molecule has 4 aromatic rings. The van der Waals surface area contributed by atoms with Crippen LogP contribution in [0, 0.1) is 23.3 Å². The minimum atomic E-state index is -1.39. The van der Waals surface area contributed by atoms with Crippen LogP contribution in [0.1, 0.15) is 72.3 Å². The molecule has 1 saturated carbocycles. The van der Waals surface area contributed by atoms with Crippen molar-refractivity contribution in [2.45, 2.75) is 51.6 Å². The molecule has 2 unspecified atom stereocenters. The molecule has 0 bridgehead atoms. The predicted molar refractivity (Wildman–Crippen MR) is 158 cm³/mol. The summed E-state index contributed by atoms with van der Waals surface area (Å²) in [5.74, 6) is -8.74. The quantitative estimate of drug-likeness (QED) is 0.180. The number of nitrogens with zero attached hydrogens (tertiary/aromatic N) is 2. The molecule has 1 fully saturated rings. The first-order valence-electron chi connectivity index (χ1n) is 14.6. The highest BCUT2D eigenvalue weighted by Crippen LogP contribution is 2.44. The van der Waals surface area contributed by atoms with Crippen molar-refractivity contribution in [1.29, 1.82) is 0 Å². The summed E-state index contributed by atoms with van der Waals surface area (Å²) in [7, 11) is 2.18. The Bertz CT molecular complexity index is 1860. The third-order valence-corrected chi connectivity index (χ3v) is 8.14. The van der Waals surface area contributed by atoms with Crippen molar-refractivity contribution in [3.05, 3.63) is 79.4 Å². The number of hydrogen-bond acceptors (Lipinski definition) is 8. The van der Waals surface area contributed by atoms with E-state index in [0.29, 0.717) is 37.8 Å². The normalized spacial score (nSPS) is 16.4. The topological polar surface area (TPSA) is 115 Å². The second-order valence-corrected chi connectivity index (χ2v) is 10.6. The van der Waals surface area contributed by atoms with E-state index in [1.807, 2.05) is 0 Å². The molecule has 0 N–H and O–H groups in total. The summed E-state index contributed by atoms with van der Waals surface area (Å²) in [6, 6.07) is -0.298. The van der Waals surface area contributed by atoms with Crippen LogP contribution < -0.4 is 20.3 Å². The Hall–Kier alpha value is -4.88. The molecule has 0 aliphatic heterocycles. The highest BCUT2D eigenvalue weighted by Gasteiger charge is 2.35. The number of esters is 2. The van der Waals surface area contributed by atoms with E-state index in [0.717, 1.165) is 14.2 Å². The maximum absolute atomic E-state index is 15.2. The SMILES string of the molecule is CCOC(=O)c1cn(C2CCCCC2n2cc(C(=O)OCC)c(=O)c3cc(F)c(F)c(OC)c32)c2c(OC)c(F)c(F)cc2c1=O. The number of aromatic nitrogens is 2. The second kappa shape index (κ2) is 12.9. The molecule has 14 heteroatoms. The largest absolute Gasteiger partial charge is 0.491 e. The van der Waals surface area contributed by atoms with Crippen LogP contribution in [-0.2, 0) is 9.47 Å². The number of halogens is 4. The van der Waals surface area contributed by atoms with Gasteiger partial charge in [-0.3, -0.25) is 9.59 Å². The fourth-order valence-electron chi connectivity index (χ4n) is 6.20. The molecular weight excluding hydrogens is 616 g/mol. The summed E-state index contributed by atoms with van der Waals surface area (Å²) in [6.07, 6.45) is 4.11. The Morgan fingerprint density at radius 3 is 1.41 bits per heavy atom. The molecule has 10 nitrogen and oxygen atoms in total. The molecule has 0 radical (unpaired) electrons. The first kappa shape index (κ1) is 32.5. The van der Waals surface area contributed by atoms with Crippen molar-refractivity contribution < 1.29 is 46.1 Å². The summed E-state index contributed by atoms with van der Waals surface area (Å²) in [4.78, 5) is 52.8. The van der Waals surface area contributed by atoms with Crippen LogP contribution in [0.2, 0.25) is 0 Å². The van der Waals surface area contributed by atoms with Gasteiger partial charge in [-0.25, -0.2) is 18.4 Å². The van der Waals surface area contributed by atoms with Gasteiger partial charge in [0, 0.05) is 12.4 Å². The highest BCUT2D eigenvalue weighted by molar-refractivity contribution is 5.96. The van der Waals surface area contributed by atoms with Crippen LogP contribution in [0.15, 0.2) is 34.1 Å². The summed E-state index contributed by atoms with van der Waals surface area (Å²) < 4.78 is 83.2. The summed E-state index contributed by atoms with van der Waals surface area (Å²) in [6.45, 7) is 2.91. The van der Waals surface area contributed by atoms with Gasteiger partial charge in [0.25, 0.3) is 0 Å². The van der Waals surface area contributed by atoms with Gasteiger partial charge in [-0.1, -0.05) is 12.8 Å². The number of benzene rings is 2. The Morgan fingerprint density at radius 1 is 0.717 bits per heavy atom. The lowest BCUT2D eigenvalue weighted by molar-refractivity contribution is 0.0513. The average molecular weight is 647 g/mol. The van der Waals surface area contributed by atoms with Crippen LogP contribution in [0.4, 0.5) is 17.6 Å². The lowest BCUT2D eigenvalue weighted by Crippen LogP contribution is -2.32. The Labute approximate surface area is 259 Å². The molecule has 2 aromatic heterocycles. The number of fused-ring (bicyclic) bond motifs is 2. The molecule has 2 aromatic carbocycles.